The van der Waals surface area contributed by atoms with Gasteiger partial charge in [0.05, 0.1) is 18.5 Å². The average molecular weight is 351 g/mol. The van der Waals surface area contributed by atoms with E-state index in [9.17, 15) is 24.3 Å². The Balaban J connectivity index is 1.73. The lowest BCUT2D eigenvalue weighted by atomic mass is 10.2. The van der Waals surface area contributed by atoms with E-state index in [1.54, 1.807) is 6.07 Å². The van der Waals surface area contributed by atoms with Crippen molar-refractivity contribution >= 4 is 35.1 Å². The molecule has 2 aliphatic rings. The molecule has 1 unspecified atom stereocenters. The van der Waals surface area contributed by atoms with Crippen LogP contribution in [-0.2, 0) is 25.6 Å². The van der Waals surface area contributed by atoms with Crippen LogP contribution in [0.15, 0.2) is 28.8 Å². The molecule has 126 valence electrons. The predicted molar refractivity (Wildman–Crippen MR) is 80.7 cm³/mol. The minimum absolute atomic E-state index is 0.0303. The maximum atomic E-state index is 12.4. The standard InChI is InChI=1S/C14H13N3O6S/c18-10(4-7-2-1-3-24-7)15-9-6-16-5-8(13(20)21)11(14(22)23)17(16)12(9)19/h1-3,9H,4-6H2,(H,15,18)(H,20,21)(H,22,23). The number of hydrogen-bond donors (Lipinski definition) is 3. The van der Waals surface area contributed by atoms with Gasteiger partial charge in [-0.3, -0.25) is 9.59 Å². The normalized spacial score (nSPS) is 20.4. The highest BCUT2D eigenvalue weighted by molar-refractivity contribution is 7.10. The number of nitrogens with one attached hydrogen (secondary N) is 1. The number of thiophene rings is 1. The van der Waals surface area contributed by atoms with Crippen molar-refractivity contribution in [3.05, 3.63) is 33.7 Å². The highest BCUT2D eigenvalue weighted by atomic mass is 32.1. The van der Waals surface area contributed by atoms with Crippen molar-refractivity contribution in [2.45, 2.75) is 12.5 Å². The van der Waals surface area contributed by atoms with Gasteiger partial charge in [-0.15, -0.1) is 11.3 Å². The molecule has 24 heavy (non-hydrogen) atoms. The fraction of sp³-hybridized carbons (Fsp3) is 0.286. The van der Waals surface area contributed by atoms with E-state index in [2.05, 4.69) is 5.32 Å². The van der Waals surface area contributed by atoms with E-state index in [0.717, 1.165) is 9.89 Å². The maximum absolute atomic E-state index is 12.4. The van der Waals surface area contributed by atoms with Gasteiger partial charge in [0.2, 0.25) is 5.91 Å². The Kier molecular flexibility index (Phi) is 4.08. The summed E-state index contributed by atoms with van der Waals surface area (Å²) < 4.78 is 0. The van der Waals surface area contributed by atoms with Crippen molar-refractivity contribution < 1.29 is 29.4 Å². The third-order valence-corrected chi connectivity index (χ3v) is 4.61. The third-order valence-electron chi connectivity index (χ3n) is 3.73. The van der Waals surface area contributed by atoms with Crippen LogP contribution >= 0.6 is 11.3 Å². The molecule has 0 radical (unpaired) electrons. The first-order valence-corrected chi connectivity index (χ1v) is 7.86. The second kappa shape index (κ2) is 6.06. The van der Waals surface area contributed by atoms with Gasteiger partial charge >= 0.3 is 11.9 Å². The van der Waals surface area contributed by atoms with Gasteiger partial charge in [0.1, 0.15) is 6.04 Å². The molecule has 10 heteroatoms. The van der Waals surface area contributed by atoms with Crippen LogP contribution in [0.25, 0.3) is 0 Å². The van der Waals surface area contributed by atoms with E-state index in [0.29, 0.717) is 0 Å². The minimum Gasteiger partial charge on any atom is -0.478 e. The number of carbonyl (C=O) groups excluding carboxylic acids is 2. The van der Waals surface area contributed by atoms with E-state index >= 15 is 0 Å². The fourth-order valence-corrected chi connectivity index (χ4v) is 3.45. The maximum Gasteiger partial charge on any atom is 0.354 e. The summed E-state index contributed by atoms with van der Waals surface area (Å²) in [4.78, 5) is 47.7. The number of rotatable bonds is 5. The van der Waals surface area contributed by atoms with Gasteiger partial charge in [0, 0.05) is 11.4 Å². The molecule has 0 saturated carbocycles. The van der Waals surface area contributed by atoms with E-state index in [4.69, 9.17) is 5.11 Å². The first kappa shape index (κ1) is 16.1. The summed E-state index contributed by atoms with van der Waals surface area (Å²) in [6.07, 6.45) is 0.128. The molecule has 1 saturated heterocycles. The quantitative estimate of drug-likeness (QED) is 0.638. The Morgan fingerprint density at radius 1 is 1.29 bits per heavy atom. The Bertz CT molecular complexity index is 757. The Morgan fingerprint density at radius 2 is 2.04 bits per heavy atom. The van der Waals surface area contributed by atoms with Gasteiger partial charge in [0.25, 0.3) is 5.91 Å². The molecule has 1 atom stereocenters. The molecular formula is C14H13N3O6S. The number of carboxylic acid groups (broad SMARTS) is 2. The van der Waals surface area contributed by atoms with E-state index in [1.165, 1.54) is 16.3 Å². The molecule has 0 spiro atoms. The molecule has 3 N–H and O–H groups in total. The van der Waals surface area contributed by atoms with Gasteiger partial charge in [-0.2, -0.15) is 0 Å². The second-order valence-corrected chi connectivity index (χ2v) is 6.34. The zero-order valence-electron chi connectivity index (χ0n) is 12.3. The Labute approximate surface area is 139 Å². The highest BCUT2D eigenvalue weighted by Crippen LogP contribution is 2.29. The van der Waals surface area contributed by atoms with E-state index in [-0.39, 0.29) is 31.0 Å². The summed E-state index contributed by atoms with van der Waals surface area (Å²) >= 11 is 1.42. The zero-order chi connectivity index (χ0) is 17.4. The predicted octanol–water partition coefficient (Wildman–Crippen LogP) is -0.728. The molecule has 0 aromatic carbocycles. The summed E-state index contributed by atoms with van der Waals surface area (Å²) in [7, 11) is 0. The SMILES string of the molecule is O=C(Cc1cccs1)NC1CN2CC(C(=O)O)=C(C(=O)O)N2C1=O. The smallest absolute Gasteiger partial charge is 0.354 e. The molecule has 2 amide bonds. The van der Waals surface area contributed by atoms with Gasteiger partial charge < -0.3 is 15.5 Å². The van der Waals surface area contributed by atoms with E-state index < -0.39 is 29.6 Å². The number of aliphatic carboxylic acids is 2. The van der Waals surface area contributed by atoms with Crippen LogP contribution in [0.1, 0.15) is 4.88 Å². The van der Waals surface area contributed by atoms with Crippen LogP contribution in [0, 0.1) is 0 Å². The summed E-state index contributed by atoms with van der Waals surface area (Å²) in [5.74, 6) is -3.87. The van der Waals surface area contributed by atoms with Crippen LogP contribution in [0.2, 0.25) is 0 Å². The molecule has 1 aromatic heterocycles. The molecule has 0 aliphatic carbocycles. The monoisotopic (exact) mass is 351 g/mol. The zero-order valence-corrected chi connectivity index (χ0v) is 13.1. The number of fused-ring (bicyclic) bond motifs is 1. The van der Waals surface area contributed by atoms with Crippen LogP contribution in [-0.4, -0.2) is 63.1 Å². The fourth-order valence-electron chi connectivity index (χ4n) is 2.74. The molecule has 0 bridgehead atoms. The lowest BCUT2D eigenvalue weighted by Crippen LogP contribution is -2.43. The van der Waals surface area contributed by atoms with Crippen molar-refractivity contribution in [3.63, 3.8) is 0 Å². The van der Waals surface area contributed by atoms with Gasteiger partial charge in [-0.1, -0.05) is 6.07 Å². The van der Waals surface area contributed by atoms with Crippen molar-refractivity contribution in [1.82, 2.24) is 15.3 Å². The highest BCUT2D eigenvalue weighted by Gasteiger charge is 2.49. The van der Waals surface area contributed by atoms with E-state index in [1.807, 2.05) is 11.4 Å². The number of carboxylic acids is 2. The molecule has 1 aromatic rings. The lowest BCUT2D eigenvalue weighted by molar-refractivity contribution is -0.143. The number of hydrazine groups is 1. The Morgan fingerprint density at radius 3 is 2.62 bits per heavy atom. The minimum atomic E-state index is -1.49. The summed E-state index contributed by atoms with van der Waals surface area (Å²) in [6.45, 7) is -0.164. The molecule has 3 heterocycles. The molecule has 1 fully saturated rings. The Hall–Kier alpha value is -2.72. The molecule has 2 aliphatic heterocycles. The average Bonchev–Trinajstić information content (AvgIpc) is 3.17. The first-order valence-electron chi connectivity index (χ1n) is 6.98. The van der Waals surface area contributed by atoms with Crippen LogP contribution in [0.5, 0.6) is 0 Å². The number of amides is 2. The third kappa shape index (κ3) is 2.76. The first-order chi connectivity index (χ1) is 11.4. The van der Waals surface area contributed by atoms with Crippen LogP contribution in [0.4, 0.5) is 0 Å². The molecule has 9 nitrogen and oxygen atoms in total. The number of hydrogen-bond acceptors (Lipinski definition) is 6. The summed E-state index contributed by atoms with van der Waals surface area (Å²) in [6, 6.07) is 2.71. The molecular weight excluding hydrogens is 338 g/mol. The lowest BCUT2D eigenvalue weighted by Gasteiger charge is -2.18. The van der Waals surface area contributed by atoms with Gasteiger partial charge in [-0.05, 0) is 11.4 Å². The largest absolute Gasteiger partial charge is 0.478 e. The topological polar surface area (TPSA) is 127 Å². The van der Waals surface area contributed by atoms with Crippen LogP contribution in [0.3, 0.4) is 0 Å². The van der Waals surface area contributed by atoms with Crippen molar-refractivity contribution in [1.29, 1.82) is 0 Å². The number of carbonyl (C=O) groups is 4. The van der Waals surface area contributed by atoms with Gasteiger partial charge in [0.15, 0.2) is 5.70 Å². The van der Waals surface area contributed by atoms with Gasteiger partial charge in [-0.25, -0.2) is 19.6 Å². The summed E-state index contributed by atoms with van der Waals surface area (Å²) in [5.41, 5.74) is -0.915. The van der Waals surface area contributed by atoms with Crippen molar-refractivity contribution in [2.75, 3.05) is 13.1 Å². The van der Waals surface area contributed by atoms with Crippen LogP contribution < -0.4 is 5.32 Å². The van der Waals surface area contributed by atoms with Crippen molar-refractivity contribution in [2.24, 2.45) is 0 Å². The van der Waals surface area contributed by atoms with Crippen molar-refractivity contribution in [3.8, 4) is 0 Å². The number of nitrogens with zero attached hydrogens (tertiary/aromatic N) is 2. The molecule has 3 rings (SSSR count). The second-order valence-electron chi connectivity index (χ2n) is 5.31. The summed E-state index contributed by atoms with van der Waals surface area (Å²) in [5, 5.41) is 24.8.